The number of carbonyl (C=O) groups is 1. The van der Waals surface area contributed by atoms with E-state index in [0.717, 1.165) is 53.9 Å². The van der Waals surface area contributed by atoms with Crippen molar-refractivity contribution < 1.29 is 19.4 Å². The predicted octanol–water partition coefficient (Wildman–Crippen LogP) is 7.88. The number of likely N-dealkylation sites (tertiary alicyclic amines) is 1. The van der Waals surface area contributed by atoms with Crippen LogP contribution in [0.25, 0.3) is 0 Å². The van der Waals surface area contributed by atoms with Crippen LogP contribution in [0.3, 0.4) is 0 Å². The zero-order valence-corrected chi connectivity index (χ0v) is 25.1. The minimum absolute atomic E-state index is 0.0393. The summed E-state index contributed by atoms with van der Waals surface area (Å²) in [5, 5.41) is 13.6. The molecule has 40 heavy (non-hydrogen) atoms. The second kappa shape index (κ2) is 15.6. The van der Waals surface area contributed by atoms with Crippen molar-refractivity contribution >= 4 is 11.5 Å². The van der Waals surface area contributed by atoms with Crippen molar-refractivity contribution in [3.63, 3.8) is 0 Å². The van der Waals surface area contributed by atoms with Gasteiger partial charge in [-0.05, 0) is 133 Å². The third kappa shape index (κ3) is 9.24. The Morgan fingerprint density at radius 2 is 1.77 bits per heavy atom. The first kappa shape index (κ1) is 31.4. The lowest BCUT2D eigenvalue weighted by Gasteiger charge is -2.27. The fourth-order valence-corrected chi connectivity index (χ4v) is 5.46. The maximum atomic E-state index is 13.7. The quantitative estimate of drug-likeness (QED) is 0.0776. The molecule has 3 rings (SSSR count). The second-order valence-corrected chi connectivity index (χ2v) is 10.9. The lowest BCUT2D eigenvalue weighted by Crippen LogP contribution is -2.30. The highest BCUT2D eigenvalue weighted by atomic mass is 16.7. The molecule has 2 N–H and O–H groups in total. The fourth-order valence-electron chi connectivity index (χ4n) is 5.46. The summed E-state index contributed by atoms with van der Waals surface area (Å²) in [7, 11) is 0. The van der Waals surface area contributed by atoms with Crippen molar-refractivity contribution in [3.05, 3.63) is 77.0 Å². The van der Waals surface area contributed by atoms with E-state index in [-0.39, 0.29) is 23.7 Å². The van der Waals surface area contributed by atoms with Crippen LogP contribution in [-0.4, -0.2) is 48.3 Å². The minimum Gasteiger partial charge on any atom is -0.508 e. The number of phenolic OH excluding ortho intramolecular Hbond substituents is 1. The van der Waals surface area contributed by atoms with E-state index in [1.165, 1.54) is 32.4 Å². The summed E-state index contributed by atoms with van der Waals surface area (Å²) in [6.07, 6.45) is 6.52. The number of carbonyl (C=O) groups excluding carboxylic acids is 1. The predicted molar refractivity (Wildman–Crippen MR) is 164 cm³/mol. The topological polar surface area (TPSA) is 71.0 Å². The number of ether oxygens (including phenoxy) is 2. The van der Waals surface area contributed by atoms with Gasteiger partial charge in [0.2, 0.25) is 0 Å². The van der Waals surface area contributed by atoms with Gasteiger partial charge in [0.1, 0.15) is 11.5 Å². The molecule has 0 saturated carbocycles. The van der Waals surface area contributed by atoms with E-state index in [9.17, 15) is 9.90 Å². The normalized spacial score (nSPS) is 16.1. The lowest BCUT2D eigenvalue weighted by atomic mass is 9.86. The van der Waals surface area contributed by atoms with E-state index in [1.807, 2.05) is 65.0 Å². The minimum atomic E-state index is -0.381. The van der Waals surface area contributed by atoms with Gasteiger partial charge in [-0.1, -0.05) is 25.5 Å². The molecule has 0 radical (unpaired) electrons. The van der Waals surface area contributed by atoms with Crippen molar-refractivity contribution in [1.29, 1.82) is 0 Å². The monoisotopic (exact) mass is 548 g/mol. The number of benzene rings is 2. The summed E-state index contributed by atoms with van der Waals surface area (Å²) >= 11 is 0. The van der Waals surface area contributed by atoms with Crippen LogP contribution in [0.2, 0.25) is 0 Å². The molecule has 2 unspecified atom stereocenters. The standard InChI is InChI=1S/C34H48N2O4/c1-7-39-27(6)40-30-17-14-28(15-18-30)34(38)26(5)33(24(2)3)32(35-31-19-16-29(37)23-25(31)4)13-9-12-22-36-20-10-8-11-21-36/h14-19,23,26-27,35,37H,2,7-13,20-22H2,1,3-6H3/b33-32-. The Bertz CT molecular complexity index is 1150. The van der Waals surface area contributed by atoms with Crippen molar-refractivity contribution in [2.45, 2.75) is 79.4 Å². The van der Waals surface area contributed by atoms with Gasteiger partial charge < -0.3 is 24.8 Å². The molecule has 1 aliphatic heterocycles. The number of Topliss-reactive ketones (excluding diaryl/α,β-unsaturated/α-hetero) is 1. The molecule has 1 heterocycles. The number of unbranched alkanes of at least 4 members (excludes halogenated alkanes) is 1. The van der Waals surface area contributed by atoms with E-state index in [4.69, 9.17) is 9.47 Å². The zero-order chi connectivity index (χ0) is 29.1. The molecule has 0 aliphatic carbocycles. The number of allylic oxidation sites excluding steroid dienone is 3. The SMILES string of the molecule is C=C(C)/C(=C(\CCCCN1CCCCC1)Nc1ccc(O)cc1C)C(C)C(=O)c1ccc(OC(C)OCC)cc1. The summed E-state index contributed by atoms with van der Waals surface area (Å²) in [6, 6.07) is 12.6. The average molecular weight is 549 g/mol. The number of phenols is 1. The van der Waals surface area contributed by atoms with Crippen LogP contribution >= 0.6 is 0 Å². The molecule has 1 aliphatic rings. The Morgan fingerprint density at radius 3 is 2.40 bits per heavy atom. The van der Waals surface area contributed by atoms with Crippen LogP contribution in [0.15, 0.2) is 65.9 Å². The maximum absolute atomic E-state index is 13.7. The van der Waals surface area contributed by atoms with Crippen LogP contribution in [0.5, 0.6) is 11.5 Å². The number of hydrogen-bond donors (Lipinski definition) is 2. The molecule has 218 valence electrons. The van der Waals surface area contributed by atoms with Gasteiger partial charge in [0.25, 0.3) is 0 Å². The number of nitrogens with one attached hydrogen (secondary N) is 1. The van der Waals surface area contributed by atoms with Gasteiger partial charge in [0.15, 0.2) is 12.1 Å². The number of hydrogen-bond acceptors (Lipinski definition) is 6. The van der Waals surface area contributed by atoms with Crippen molar-refractivity contribution in [1.82, 2.24) is 4.90 Å². The van der Waals surface area contributed by atoms with Crippen LogP contribution in [0, 0.1) is 12.8 Å². The third-order valence-corrected chi connectivity index (χ3v) is 7.55. The smallest absolute Gasteiger partial charge is 0.196 e. The van der Waals surface area contributed by atoms with Crippen molar-refractivity contribution in [3.8, 4) is 11.5 Å². The molecular formula is C34H48N2O4. The van der Waals surface area contributed by atoms with Crippen LogP contribution < -0.4 is 10.1 Å². The van der Waals surface area contributed by atoms with Gasteiger partial charge in [0.05, 0.1) is 0 Å². The third-order valence-electron chi connectivity index (χ3n) is 7.55. The molecule has 1 fully saturated rings. The Morgan fingerprint density at radius 1 is 1.07 bits per heavy atom. The number of ketones is 1. The summed E-state index contributed by atoms with van der Waals surface area (Å²) in [4.78, 5) is 16.3. The molecule has 0 aromatic heterocycles. The molecule has 6 heteroatoms. The summed E-state index contributed by atoms with van der Waals surface area (Å²) in [5.41, 5.74) is 5.34. The van der Waals surface area contributed by atoms with Gasteiger partial charge in [-0.2, -0.15) is 0 Å². The molecule has 0 bridgehead atoms. The number of anilines is 1. The van der Waals surface area contributed by atoms with Gasteiger partial charge in [0, 0.05) is 29.5 Å². The highest BCUT2D eigenvalue weighted by molar-refractivity contribution is 6.00. The summed E-state index contributed by atoms with van der Waals surface area (Å²) in [5.74, 6) is 0.563. The first-order chi connectivity index (χ1) is 19.2. The maximum Gasteiger partial charge on any atom is 0.196 e. The number of nitrogens with zero attached hydrogens (tertiary/aromatic N) is 1. The number of aryl methyl sites for hydroxylation is 1. The van der Waals surface area contributed by atoms with Gasteiger partial charge >= 0.3 is 0 Å². The van der Waals surface area contributed by atoms with Crippen molar-refractivity contribution in [2.75, 3.05) is 31.6 Å². The molecular weight excluding hydrogens is 500 g/mol. The number of rotatable bonds is 15. The van der Waals surface area contributed by atoms with E-state index >= 15 is 0 Å². The highest BCUT2D eigenvalue weighted by Crippen LogP contribution is 2.31. The van der Waals surface area contributed by atoms with Gasteiger partial charge in [-0.25, -0.2) is 0 Å². The average Bonchev–Trinajstić information content (AvgIpc) is 2.93. The summed E-state index contributed by atoms with van der Waals surface area (Å²) in [6.45, 7) is 18.1. The Kier molecular flexibility index (Phi) is 12.3. The molecule has 6 nitrogen and oxygen atoms in total. The van der Waals surface area contributed by atoms with Gasteiger partial charge in [-0.15, -0.1) is 0 Å². The first-order valence-electron chi connectivity index (χ1n) is 14.8. The highest BCUT2D eigenvalue weighted by Gasteiger charge is 2.24. The molecule has 1 saturated heterocycles. The Balaban J connectivity index is 1.83. The van der Waals surface area contributed by atoms with Gasteiger partial charge in [-0.3, -0.25) is 4.79 Å². The molecule has 0 amide bonds. The molecule has 0 spiro atoms. The van der Waals surface area contributed by atoms with Crippen LogP contribution in [0.4, 0.5) is 5.69 Å². The van der Waals surface area contributed by atoms with E-state index < -0.39 is 0 Å². The zero-order valence-electron chi connectivity index (χ0n) is 25.1. The second-order valence-electron chi connectivity index (χ2n) is 10.9. The Hall–Kier alpha value is -3.09. The first-order valence-corrected chi connectivity index (χ1v) is 14.8. The largest absolute Gasteiger partial charge is 0.508 e. The molecule has 2 aromatic carbocycles. The van der Waals surface area contributed by atoms with Crippen LogP contribution in [0.1, 0.15) is 82.1 Å². The van der Waals surface area contributed by atoms with E-state index in [1.54, 1.807) is 12.1 Å². The lowest BCUT2D eigenvalue weighted by molar-refractivity contribution is -0.0613. The van der Waals surface area contributed by atoms with E-state index in [0.29, 0.717) is 17.9 Å². The fraction of sp³-hybridized carbons (Fsp3) is 0.500. The van der Waals surface area contributed by atoms with Crippen LogP contribution in [-0.2, 0) is 4.74 Å². The number of piperidine rings is 1. The van der Waals surface area contributed by atoms with Crippen molar-refractivity contribution in [2.24, 2.45) is 5.92 Å². The molecule has 2 aromatic rings. The van der Waals surface area contributed by atoms with E-state index in [2.05, 4.69) is 16.8 Å². The number of aromatic hydroxyl groups is 1. The Labute approximate surface area is 241 Å². The summed E-state index contributed by atoms with van der Waals surface area (Å²) < 4.78 is 11.2. The molecule has 2 atom stereocenters.